The largest absolute Gasteiger partial charge is 0.466 e. The highest BCUT2D eigenvalue weighted by molar-refractivity contribution is 7.84. The first-order valence-electron chi connectivity index (χ1n) is 5.32. The first kappa shape index (κ1) is 15.5. The van der Waals surface area contributed by atoms with Crippen LogP contribution in [0.2, 0.25) is 0 Å². The Hall–Kier alpha value is -0.460. The number of nitrogens with one attached hydrogen (secondary N) is 1. The van der Waals surface area contributed by atoms with Crippen LogP contribution in [0.1, 0.15) is 20.3 Å². The Labute approximate surface area is 99.0 Å². The van der Waals surface area contributed by atoms with Crippen molar-refractivity contribution in [2.24, 2.45) is 0 Å². The molecule has 6 heteroatoms. The molecule has 2 N–H and O–H groups in total. The van der Waals surface area contributed by atoms with Gasteiger partial charge >= 0.3 is 5.97 Å². The summed E-state index contributed by atoms with van der Waals surface area (Å²) in [6.07, 6.45) is 0.863. The van der Waals surface area contributed by atoms with E-state index in [0.717, 1.165) is 0 Å². The summed E-state index contributed by atoms with van der Waals surface area (Å²) in [7, 11) is -0.860. The van der Waals surface area contributed by atoms with Crippen molar-refractivity contribution in [3.63, 3.8) is 0 Å². The number of aliphatic hydroxyl groups is 1. The van der Waals surface area contributed by atoms with Crippen molar-refractivity contribution < 1.29 is 18.8 Å². The Morgan fingerprint density at radius 3 is 2.69 bits per heavy atom. The molecule has 0 aliphatic heterocycles. The molecule has 3 atom stereocenters. The van der Waals surface area contributed by atoms with Gasteiger partial charge in [0.15, 0.2) is 0 Å². The minimum Gasteiger partial charge on any atom is -0.466 e. The molecule has 0 aromatic carbocycles. The second kappa shape index (κ2) is 8.66. The van der Waals surface area contributed by atoms with Crippen LogP contribution in [0.3, 0.4) is 0 Å². The highest BCUT2D eigenvalue weighted by atomic mass is 32.2. The smallest absolute Gasteiger partial charge is 0.308 e. The van der Waals surface area contributed by atoms with E-state index in [1.54, 1.807) is 13.2 Å². The monoisotopic (exact) mass is 251 g/mol. The minimum absolute atomic E-state index is 0.0111. The zero-order valence-corrected chi connectivity index (χ0v) is 10.9. The number of carbonyl (C=O) groups is 1. The number of hydrogen-bond donors (Lipinski definition) is 2. The molecule has 0 spiro atoms. The number of rotatable bonds is 8. The van der Waals surface area contributed by atoms with Gasteiger partial charge in [0.05, 0.1) is 19.1 Å². The van der Waals surface area contributed by atoms with Crippen LogP contribution in [0.25, 0.3) is 0 Å². The molecular formula is C10H21NO4S. The minimum atomic E-state index is -0.860. The zero-order chi connectivity index (χ0) is 12.6. The summed E-state index contributed by atoms with van der Waals surface area (Å²) in [5.41, 5.74) is 0. The van der Waals surface area contributed by atoms with Gasteiger partial charge in [0.1, 0.15) is 0 Å². The molecule has 0 aliphatic rings. The Balaban J connectivity index is 3.67. The summed E-state index contributed by atoms with van der Waals surface area (Å²) in [4.78, 5) is 11.0. The Kier molecular flexibility index (Phi) is 8.42. The van der Waals surface area contributed by atoms with Crippen molar-refractivity contribution in [2.75, 3.05) is 25.2 Å². The topological polar surface area (TPSA) is 75.6 Å². The SMILES string of the molecule is CCOC(=O)CC(O)CNC(C)CS(C)=O. The van der Waals surface area contributed by atoms with Gasteiger partial charge in [0.2, 0.25) is 0 Å². The van der Waals surface area contributed by atoms with Crippen molar-refractivity contribution in [3.8, 4) is 0 Å². The van der Waals surface area contributed by atoms with E-state index < -0.39 is 22.9 Å². The summed E-state index contributed by atoms with van der Waals surface area (Å²) >= 11 is 0. The fourth-order valence-electron chi connectivity index (χ4n) is 1.23. The summed E-state index contributed by atoms with van der Waals surface area (Å²) in [5, 5.41) is 12.5. The van der Waals surface area contributed by atoms with Gasteiger partial charge in [0, 0.05) is 35.4 Å². The molecule has 0 bridgehead atoms. The van der Waals surface area contributed by atoms with Gasteiger partial charge in [0.25, 0.3) is 0 Å². The first-order chi connectivity index (χ1) is 7.45. The van der Waals surface area contributed by atoms with E-state index in [4.69, 9.17) is 4.74 Å². The van der Waals surface area contributed by atoms with Crippen LogP contribution in [0.15, 0.2) is 0 Å². The van der Waals surface area contributed by atoms with E-state index in [2.05, 4.69) is 5.32 Å². The number of hydrogen-bond acceptors (Lipinski definition) is 5. The maximum absolute atomic E-state index is 11.0. The van der Waals surface area contributed by atoms with Crippen molar-refractivity contribution in [1.29, 1.82) is 0 Å². The molecule has 16 heavy (non-hydrogen) atoms. The Bertz CT molecular complexity index is 235. The first-order valence-corrected chi connectivity index (χ1v) is 7.05. The molecule has 5 nitrogen and oxygen atoms in total. The lowest BCUT2D eigenvalue weighted by Crippen LogP contribution is -2.37. The van der Waals surface area contributed by atoms with Crippen LogP contribution in [-0.2, 0) is 20.3 Å². The third-order valence-electron chi connectivity index (χ3n) is 1.89. The molecule has 0 saturated carbocycles. The third kappa shape index (κ3) is 8.82. The fraction of sp³-hybridized carbons (Fsp3) is 0.900. The standard InChI is InChI=1S/C10H21NO4S/c1-4-15-10(13)5-9(12)6-11-8(2)7-16(3)14/h8-9,11-12H,4-7H2,1-3H3. The molecule has 0 aromatic heterocycles. The fourth-order valence-corrected chi connectivity index (χ4v) is 2.05. The number of carbonyl (C=O) groups excluding carboxylic acids is 1. The molecule has 96 valence electrons. The molecule has 0 fully saturated rings. The predicted molar refractivity (Wildman–Crippen MR) is 63.7 cm³/mol. The van der Waals surface area contributed by atoms with Gasteiger partial charge in [-0.2, -0.15) is 0 Å². The van der Waals surface area contributed by atoms with E-state index in [0.29, 0.717) is 18.9 Å². The van der Waals surface area contributed by atoms with Gasteiger partial charge in [-0.1, -0.05) is 0 Å². The molecule has 0 aromatic rings. The van der Waals surface area contributed by atoms with Crippen LogP contribution in [-0.4, -0.2) is 52.6 Å². The van der Waals surface area contributed by atoms with Crippen LogP contribution >= 0.6 is 0 Å². The second-order valence-corrected chi connectivity index (χ2v) is 5.19. The van der Waals surface area contributed by atoms with E-state index in [-0.39, 0.29) is 12.5 Å². The average molecular weight is 251 g/mol. The van der Waals surface area contributed by atoms with Gasteiger partial charge in [-0.15, -0.1) is 0 Å². The maximum atomic E-state index is 11.0. The number of ether oxygens (including phenoxy) is 1. The van der Waals surface area contributed by atoms with Gasteiger partial charge in [-0.05, 0) is 13.8 Å². The highest BCUT2D eigenvalue weighted by Gasteiger charge is 2.12. The molecular weight excluding hydrogens is 230 g/mol. The van der Waals surface area contributed by atoms with Gasteiger partial charge in [-0.25, -0.2) is 0 Å². The molecule has 0 heterocycles. The number of aliphatic hydroxyl groups excluding tert-OH is 1. The van der Waals surface area contributed by atoms with E-state index in [1.165, 1.54) is 0 Å². The van der Waals surface area contributed by atoms with E-state index in [9.17, 15) is 14.1 Å². The molecule has 0 amide bonds. The van der Waals surface area contributed by atoms with Crippen LogP contribution in [0, 0.1) is 0 Å². The molecule has 0 radical (unpaired) electrons. The molecule has 0 aliphatic carbocycles. The lowest BCUT2D eigenvalue weighted by molar-refractivity contribution is -0.145. The normalized spacial score (nSPS) is 16.5. The highest BCUT2D eigenvalue weighted by Crippen LogP contribution is 1.95. The second-order valence-electron chi connectivity index (χ2n) is 3.71. The van der Waals surface area contributed by atoms with Crippen LogP contribution in [0.4, 0.5) is 0 Å². The zero-order valence-electron chi connectivity index (χ0n) is 10.1. The average Bonchev–Trinajstić information content (AvgIpc) is 2.14. The molecule has 0 saturated heterocycles. The summed E-state index contributed by atoms with van der Waals surface area (Å²) in [6, 6.07) is 0.0580. The van der Waals surface area contributed by atoms with Crippen LogP contribution < -0.4 is 5.32 Å². The lowest BCUT2D eigenvalue weighted by Gasteiger charge is -2.15. The van der Waals surface area contributed by atoms with Crippen LogP contribution in [0.5, 0.6) is 0 Å². The van der Waals surface area contributed by atoms with Crippen molar-refractivity contribution in [1.82, 2.24) is 5.32 Å². The van der Waals surface area contributed by atoms with Gasteiger partial charge in [-0.3, -0.25) is 9.00 Å². The maximum Gasteiger partial charge on any atom is 0.308 e. The van der Waals surface area contributed by atoms with E-state index >= 15 is 0 Å². The summed E-state index contributed by atoms with van der Waals surface area (Å²) < 4.78 is 15.6. The quantitative estimate of drug-likeness (QED) is 0.577. The third-order valence-corrected chi connectivity index (χ3v) is 2.86. The summed E-state index contributed by atoms with van der Waals surface area (Å²) in [6.45, 7) is 4.24. The van der Waals surface area contributed by atoms with Crippen molar-refractivity contribution in [2.45, 2.75) is 32.4 Å². The van der Waals surface area contributed by atoms with Gasteiger partial charge < -0.3 is 15.2 Å². The molecule has 3 unspecified atom stereocenters. The van der Waals surface area contributed by atoms with Crippen molar-refractivity contribution >= 4 is 16.8 Å². The molecule has 0 rings (SSSR count). The van der Waals surface area contributed by atoms with E-state index in [1.807, 2.05) is 6.92 Å². The Morgan fingerprint density at radius 1 is 1.56 bits per heavy atom. The van der Waals surface area contributed by atoms with Crippen molar-refractivity contribution in [3.05, 3.63) is 0 Å². The predicted octanol–water partition coefficient (Wildman–Crippen LogP) is -0.343. The lowest BCUT2D eigenvalue weighted by atomic mass is 10.2. The Morgan fingerprint density at radius 2 is 2.19 bits per heavy atom. The number of esters is 1. The summed E-state index contributed by atoms with van der Waals surface area (Å²) in [5.74, 6) is 0.134.